The Bertz CT molecular complexity index is 468. The number of aromatic nitrogens is 1. The van der Waals surface area contributed by atoms with Gasteiger partial charge in [-0.2, -0.15) is 0 Å². The summed E-state index contributed by atoms with van der Waals surface area (Å²) in [5, 5.41) is 7.64. The van der Waals surface area contributed by atoms with Crippen molar-refractivity contribution in [1.29, 1.82) is 5.41 Å². The summed E-state index contributed by atoms with van der Waals surface area (Å²) in [5.74, 6) is 0.622. The second kappa shape index (κ2) is 6.02. The van der Waals surface area contributed by atoms with E-state index >= 15 is 0 Å². The van der Waals surface area contributed by atoms with Crippen LogP contribution in [-0.4, -0.2) is 30.1 Å². The van der Waals surface area contributed by atoms with Gasteiger partial charge in [0.25, 0.3) is 0 Å². The Morgan fingerprint density at radius 3 is 2.95 bits per heavy atom. The lowest BCUT2D eigenvalue weighted by Crippen LogP contribution is -2.26. The van der Waals surface area contributed by atoms with Crippen LogP contribution in [0.1, 0.15) is 36.2 Å². The Kier molecular flexibility index (Phi) is 4.37. The molecule has 1 aromatic rings. The van der Waals surface area contributed by atoms with Crippen molar-refractivity contribution in [2.45, 2.75) is 39.2 Å². The van der Waals surface area contributed by atoms with E-state index in [9.17, 15) is 0 Å². The fourth-order valence-electron chi connectivity index (χ4n) is 2.36. The molecule has 1 fully saturated rings. The van der Waals surface area contributed by atoms with Gasteiger partial charge in [0, 0.05) is 18.4 Å². The smallest absolute Gasteiger partial charge is 0.133 e. The molecule has 1 aromatic heterocycles. The molecule has 0 aliphatic carbocycles. The number of ether oxygens (including phenoxy) is 2. The Morgan fingerprint density at radius 1 is 1.53 bits per heavy atom. The van der Waals surface area contributed by atoms with Crippen molar-refractivity contribution in [2.24, 2.45) is 5.73 Å². The van der Waals surface area contributed by atoms with Crippen LogP contribution in [-0.2, 0) is 4.74 Å². The van der Waals surface area contributed by atoms with Crippen LogP contribution in [0.5, 0.6) is 5.75 Å². The van der Waals surface area contributed by atoms with E-state index in [1.54, 1.807) is 0 Å². The zero-order valence-corrected chi connectivity index (χ0v) is 11.5. The zero-order chi connectivity index (χ0) is 13.8. The molecule has 0 amide bonds. The normalized spacial score (nSPS) is 19.2. The van der Waals surface area contributed by atoms with Gasteiger partial charge in [0.15, 0.2) is 0 Å². The number of pyridine rings is 1. The molecule has 3 N–H and O–H groups in total. The predicted octanol–water partition coefficient (Wildman–Crippen LogP) is 1.93. The van der Waals surface area contributed by atoms with Crippen molar-refractivity contribution >= 4 is 5.84 Å². The van der Waals surface area contributed by atoms with Crippen molar-refractivity contribution in [3.63, 3.8) is 0 Å². The maximum atomic E-state index is 7.64. The lowest BCUT2D eigenvalue weighted by Gasteiger charge is -2.23. The highest BCUT2D eigenvalue weighted by Crippen LogP contribution is 2.23. The number of nitrogens with one attached hydrogen (secondary N) is 1. The molecule has 104 valence electrons. The molecule has 5 heteroatoms. The van der Waals surface area contributed by atoms with Crippen LogP contribution in [0.2, 0.25) is 0 Å². The van der Waals surface area contributed by atoms with Crippen LogP contribution in [0, 0.1) is 19.3 Å². The van der Waals surface area contributed by atoms with Crippen molar-refractivity contribution in [2.75, 3.05) is 13.2 Å². The van der Waals surface area contributed by atoms with Gasteiger partial charge >= 0.3 is 0 Å². The van der Waals surface area contributed by atoms with E-state index in [0.29, 0.717) is 17.9 Å². The average Bonchev–Trinajstić information content (AvgIpc) is 2.36. The first-order valence-corrected chi connectivity index (χ1v) is 6.65. The summed E-state index contributed by atoms with van der Waals surface area (Å²) < 4.78 is 11.4. The van der Waals surface area contributed by atoms with E-state index in [-0.39, 0.29) is 11.9 Å². The van der Waals surface area contributed by atoms with Crippen LogP contribution in [0.3, 0.4) is 0 Å². The zero-order valence-electron chi connectivity index (χ0n) is 11.5. The van der Waals surface area contributed by atoms with Crippen molar-refractivity contribution in [3.05, 3.63) is 23.0 Å². The first-order chi connectivity index (χ1) is 9.08. The minimum atomic E-state index is -0.00966. The van der Waals surface area contributed by atoms with Crippen molar-refractivity contribution < 1.29 is 9.47 Å². The van der Waals surface area contributed by atoms with Gasteiger partial charge in [-0.15, -0.1) is 0 Å². The highest BCUT2D eigenvalue weighted by molar-refractivity contribution is 5.98. The third-order valence-electron chi connectivity index (χ3n) is 3.26. The molecular weight excluding hydrogens is 242 g/mol. The van der Waals surface area contributed by atoms with Gasteiger partial charge in [-0.25, -0.2) is 0 Å². The number of aryl methyl sites for hydroxylation is 2. The number of rotatable bonds is 4. The number of nitrogens with zero attached hydrogens (tertiary/aromatic N) is 1. The predicted molar refractivity (Wildman–Crippen MR) is 73.8 cm³/mol. The first-order valence-electron chi connectivity index (χ1n) is 6.65. The SMILES string of the molecule is Cc1cc(OCC2CCCCO2)c(C(=N)N)c(C)n1. The van der Waals surface area contributed by atoms with Crippen molar-refractivity contribution in [1.82, 2.24) is 4.98 Å². The fraction of sp³-hybridized carbons (Fsp3) is 0.571. The van der Waals surface area contributed by atoms with E-state index in [1.807, 2.05) is 19.9 Å². The van der Waals surface area contributed by atoms with E-state index in [4.69, 9.17) is 20.6 Å². The summed E-state index contributed by atoms with van der Waals surface area (Å²) in [5.41, 5.74) is 7.78. The van der Waals surface area contributed by atoms with E-state index in [1.165, 1.54) is 6.42 Å². The van der Waals surface area contributed by atoms with Crippen molar-refractivity contribution in [3.8, 4) is 5.75 Å². The molecule has 1 unspecified atom stereocenters. The Hall–Kier alpha value is -1.62. The van der Waals surface area contributed by atoms with Gasteiger partial charge in [-0.3, -0.25) is 10.4 Å². The maximum Gasteiger partial charge on any atom is 0.133 e. The standard InChI is InChI=1S/C14H21N3O2/c1-9-7-12(13(14(15)16)10(2)17-9)19-8-11-5-3-4-6-18-11/h7,11H,3-6,8H2,1-2H3,(H3,15,16). The summed E-state index contributed by atoms with van der Waals surface area (Å²) >= 11 is 0. The lowest BCUT2D eigenvalue weighted by molar-refractivity contribution is -0.0111. The molecule has 2 rings (SSSR count). The van der Waals surface area contributed by atoms with Crippen LogP contribution in [0.15, 0.2) is 6.07 Å². The van der Waals surface area contributed by atoms with Crippen LogP contribution in [0.4, 0.5) is 0 Å². The molecule has 0 spiro atoms. The molecule has 1 atom stereocenters. The average molecular weight is 263 g/mol. The van der Waals surface area contributed by atoms with Gasteiger partial charge in [0.05, 0.1) is 17.4 Å². The highest BCUT2D eigenvalue weighted by Gasteiger charge is 2.17. The maximum absolute atomic E-state index is 7.64. The molecule has 1 aliphatic rings. The lowest BCUT2D eigenvalue weighted by atomic mass is 10.1. The third-order valence-corrected chi connectivity index (χ3v) is 3.26. The molecular formula is C14H21N3O2. The minimum Gasteiger partial charge on any atom is -0.490 e. The van der Waals surface area contributed by atoms with Crippen LogP contribution >= 0.6 is 0 Å². The number of nitrogens with two attached hydrogens (primary N) is 1. The number of hydrogen-bond donors (Lipinski definition) is 2. The highest BCUT2D eigenvalue weighted by atomic mass is 16.5. The Morgan fingerprint density at radius 2 is 2.32 bits per heavy atom. The van der Waals surface area contributed by atoms with Gasteiger partial charge in [-0.1, -0.05) is 0 Å². The summed E-state index contributed by atoms with van der Waals surface area (Å²) in [7, 11) is 0. The Balaban J connectivity index is 2.12. The van der Waals surface area contributed by atoms with Gasteiger partial charge in [0.2, 0.25) is 0 Å². The molecule has 1 aliphatic heterocycles. The molecule has 0 saturated carbocycles. The Labute approximate surface area is 113 Å². The quantitative estimate of drug-likeness (QED) is 0.642. The second-order valence-corrected chi connectivity index (χ2v) is 4.94. The number of hydrogen-bond acceptors (Lipinski definition) is 4. The molecule has 2 heterocycles. The third kappa shape index (κ3) is 3.44. The summed E-state index contributed by atoms with van der Waals surface area (Å²) in [6.07, 6.45) is 3.48. The molecule has 0 aromatic carbocycles. The van der Waals surface area contributed by atoms with Crippen LogP contribution < -0.4 is 10.5 Å². The van der Waals surface area contributed by atoms with E-state index in [0.717, 1.165) is 30.8 Å². The molecule has 5 nitrogen and oxygen atoms in total. The number of nitrogen functional groups attached to an aromatic ring is 1. The van der Waals surface area contributed by atoms with Gasteiger partial charge in [0.1, 0.15) is 18.2 Å². The number of amidine groups is 1. The first kappa shape index (κ1) is 13.8. The second-order valence-electron chi connectivity index (χ2n) is 4.94. The van der Waals surface area contributed by atoms with Gasteiger partial charge < -0.3 is 15.2 Å². The van der Waals surface area contributed by atoms with E-state index < -0.39 is 0 Å². The topological polar surface area (TPSA) is 81.2 Å². The van der Waals surface area contributed by atoms with Crippen LogP contribution in [0.25, 0.3) is 0 Å². The summed E-state index contributed by atoms with van der Waals surface area (Å²) in [6, 6.07) is 1.83. The van der Waals surface area contributed by atoms with Gasteiger partial charge in [-0.05, 0) is 33.1 Å². The summed E-state index contributed by atoms with van der Waals surface area (Å²) in [4.78, 5) is 4.32. The van der Waals surface area contributed by atoms with E-state index in [2.05, 4.69) is 4.98 Å². The summed E-state index contributed by atoms with van der Waals surface area (Å²) in [6.45, 7) is 5.06. The monoisotopic (exact) mass is 263 g/mol. The molecule has 0 bridgehead atoms. The largest absolute Gasteiger partial charge is 0.490 e. The fourth-order valence-corrected chi connectivity index (χ4v) is 2.36. The minimum absolute atomic E-state index is 0.00966. The molecule has 19 heavy (non-hydrogen) atoms. The molecule has 1 saturated heterocycles. The molecule has 0 radical (unpaired) electrons.